The summed E-state index contributed by atoms with van der Waals surface area (Å²) in [6.45, 7) is 7.59. The summed E-state index contributed by atoms with van der Waals surface area (Å²) < 4.78 is 27.6. The fourth-order valence-corrected chi connectivity index (χ4v) is 5.82. The van der Waals surface area contributed by atoms with E-state index in [2.05, 4.69) is 21.9 Å². The Morgan fingerprint density at radius 3 is 2.19 bits per heavy atom. The van der Waals surface area contributed by atoms with E-state index >= 15 is 0 Å². The van der Waals surface area contributed by atoms with Crippen molar-refractivity contribution in [2.45, 2.75) is 18.2 Å². The second-order valence-corrected chi connectivity index (χ2v) is 10.5. The zero-order valence-electron chi connectivity index (χ0n) is 18.7. The Kier molecular flexibility index (Phi) is 7.13. The van der Waals surface area contributed by atoms with E-state index in [-0.39, 0.29) is 5.91 Å². The highest BCUT2D eigenvalue weighted by Crippen LogP contribution is 2.19. The molecule has 1 amide bonds. The maximum Gasteiger partial charge on any atom is 0.243 e. The molecule has 0 atom stereocenters. The van der Waals surface area contributed by atoms with Crippen LogP contribution in [0.2, 0.25) is 0 Å². The summed E-state index contributed by atoms with van der Waals surface area (Å²) in [5, 5.41) is 0. The van der Waals surface area contributed by atoms with Crippen LogP contribution < -0.4 is 4.90 Å². The number of piperazine rings is 1. The van der Waals surface area contributed by atoms with Gasteiger partial charge in [-0.1, -0.05) is 35.9 Å². The van der Waals surface area contributed by atoms with Gasteiger partial charge in [0.15, 0.2) is 0 Å². The van der Waals surface area contributed by atoms with Gasteiger partial charge in [-0.15, -0.1) is 0 Å². The number of carbonyl (C=O) groups excluding carboxylic acids is 1. The van der Waals surface area contributed by atoms with Crippen molar-refractivity contribution in [3.63, 3.8) is 0 Å². The number of sulfonamides is 1. The maximum absolute atomic E-state index is 13.0. The SMILES string of the molecule is Cc1ccc(S(=O)(=O)N2CCCN(CC(=O)N3CCN(c4ccccc4)CC3)CC2)cc1. The van der Waals surface area contributed by atoms with Crippen LogP contribution in [0.3, 0.4) is 0 Å². The minimum atomic E-state index is -3.50. The largest absolute Gasteiger partial charge is 0.368 e. The van der Waals surface area contributed by atoms with E-state index in [4.69, 9.17) is 0 Å². The first kappa shape index (κ1) is 22.8. The van der Waals surface area contributed by atoms with Crippen LogP contribution in [0.1, 0.15) is 12.0 Å². The zero-order chi connectivity index (χ0) is 22.6. The molecule has 2 aromatic rings. The van der Waals surface area contributed by atoms with Crippen molar-refractivity contribution in [3.8, 4) is 0 Å². The number of hydrogen-bond donors (Lipinski definition) is 0. The van der Waals surface area contributed by atoms with Crippen molar-refractivity contribution in [2.24, 2.45) is 0 Å². The van der Waals surface area contributed by atoms with Crippen LogP contribution in [0, 0.1) is 6.92 Å². The molecular weight excluding hydrogens is 424 g/mol. The number of nitrogens with zero attached hydrogens (tertiary/aromatic N) is 4. The quantitative estimate of drug-likeness (QED) is 0.689. The van der Waals surface area contributed by atoms with Crippen molar-refractivity contribution >= 4 is 21.6 Å². The van der Waals surface area contributed by atoms with E-state index in [1.807, 2.05) is 42.2 Å². The fraction of sp³-hybridized carbons (Fsp3) is 0.458. The molecule has 2 aliphatic heterocycles. The third-order valence-corrected chi connectivity index (χ3v) is 8.23. The van der Waals surface area contributed by atoms with Crippen LogP contribution in [0.25, 0.3) is 0 Å². The van der Waals surface area contributed by atoms with Crippen LogP contribution in [-0.4, -0.2) is 87.3 Å². The van der Waals surface area contributed by atoms with Gasteiger partial charge in [0.2, 0.25) is 15.9 Å². The summed E-state index contributed by atoms with van der Waals surface area (Å²) in [6.07, 6.45) is 0.722. The molecular formula is C24H32N4O3S. The molecule has 0 N–H and O–H groups in total. The molecule has 2 aromatic carbocycles. The van der Waals surface area contributed by atoms with Crippen LogP contribution in [0.4, 0.5) is 5.69 Å². The molecule has 32 heavy (non-hydrogen) atoms. The topological polar surface area (TPSA) is 64.2 Å². The van der Waals surface area contributed by atoms with Crippen molar-refractivity contribution in [2.75, 3.05) is 63.8 Å². The minimum absolute atomic E-state index is 0.132. The highest BCUT2D eigenvalue weighted by molar-refractivity contribution is 7.89. The second kappa shape index (κ2) is 10.0. The van der Waals surface area contributed by atoms with Crippen molar-refractivity contribution in [3.05, 3.63) is 60.2 Å². The molecule has 7 nitrogen and oxygen atoms in total. The van der Waals surface area contributed by atoms with Crippen LogP contribution in [-0.2, 0) is 14.8 Å². The van der Waals surface area contributed by atoms with Crippen LogP contribution in [0.5, 0.6) is 0 Å². The van der Waals surface area contributed by atoms with Gasteiger partial charge in [-0.2, -0.15) is 4.31 Å². The van der Waals surface area contributed by atoms with Gasteiger partial charge in [0.1, 0.15) is 0 Å². The smallest absolute Gasteiger partial charge is 0.243 e. The van der Waals surface area contributed by atoms with Crippen molar-refractivity contribution < 1.29 is 13.2 Å². The Morgan fingerprint density at radius 2 is 1.50 bits per heavy atom. The number of carbonyl (C=O) groups is 1. The summed E-state index contributed by atoms with van der Waals surface area (Å²) in [5.74, 6) is 0.132. The number of amides is 1. The lowest BCUT2D eigenvalue weighted by Gasteiger charge is -2.37. The average Bonchev–Trinajstić information content (AvgIpc) is 3.06. The van der Waals surface area contributed by atoms with Gasteiger partial charge in [-0.3, -0.25) is 9.69 Å². The number of anilines is 1. The molecule has 0 unspecified atom stereocenters. The van der Waals surface area contributed by atoms with Gasteiger partial charge in [0, 0.05) is 51.5 Å². The van der Waals surface area contributed by atoms with Gasteiger partial charge < -0.3 is 9.80 Å². The van der Waals surface area contributed by atoms with Crippen LogP contribution in [0.15, 0.2) is 59.5 Å². The van der Waals surface area contributed by atoms with Crippen molar-refractivity contribution in [1.29, 1.82) is 0 Å². The summed E-state index contributed by atoms with van der Waals surface area (Å²) in [6, 6.07) is 17.3. The van der Waals surface area contributed by atoms with Gasteiger partial charge in [0.05, 0.1) is 11.4 Å². The third-order valence-electron chi connectivity index (χ3n) is 6.32. The second-order valence-electron chi connectivity index (χ2n) is 8.55. The lowest BCUT2D eigenvalue weighted by Crippen LogP contribution is -2.51. The van der Waals surface area contributed by atoms with Gasteiger partial charge >= 0.3 is 0 Å². The first-order valence-corrected chi connectivity index (χ1v) is 12.7. The molecule has 2 aliphatic rings. The number of para-hydroxylation sites is 1. The van der Waals surface area contributed by atoms with Crippen molar-refractivity contribution in [1.82, 2.24) is 14.1 Å². The number of rotatable bonds is 5. The monoisotopic (exact) mass is 456 g/mol. The molecule has 0 aromatic heterocycles. The average molecular weight is 457 g/mol. The summed E-state index contributed by atoms with van der Waals surface area (Å²) in [4.78, 5) is 19.6. The molecule has 4 rings (SSSR count). The molecule has 0 bridgehead atoms. The Bertz CT molecular complexity index is 1000. The highest BCUT2D eigenvalue weighted by Gasteiger charge is 2.28. The summed E-state index contributed by atoms with van der Waals surface area (Å²) in [5.41, 5.74) is 2.23. The molecule has 0 aliphatic carbocycles. The third kappa shape index (κ3) is 5.31. The van der Waals surface area contributed by atoms with E-state index in [0.717, 1.165) is 44.7 Å². The van der Waals surface area contributed by atoms with Gasteiger partial charge in [-0.25, -0.2) is 8.42 Å². The molecule has 0 saturated carbocycles. The van der Waals surface area contributed by atoms with Gasteiger partial charge in [0.25, 0.3) is 0 Å². The summed E-state index contributed by atoms with van der Waals surface area (Å²) in [7, 11) is -3.50. The summed E-state index contributed by atoms with van der Waals surface area (Å²) >= 11 is 0. The molecule has 0 spiro atoms. The predicted molar refractivity (Wildman–Crippen MR) is 126 cm³/mol. The van der Waals surface area contributed by atoms with E-state index in [9.17, 15) is 13.2 Å². The zero-order valence-corrected chi connectivity index (χ0v) is 19.5. The van der Waals surface area contributed by atoms with E-state index in [0.29, 0.717) is 31.1 Å². The Morgan fingerprint density at radius 1 is 0.812 bits per heavy atom. The molecule has 2 saturated heterocycles. The molecule has 0 radical (unpaired) electrons. The fourth-order valence-electron chi connectivity index (χ4n) is 4.35. The normalized spacial score (nSPS) is 19.0. The molecule has 2 heterocycles. The first-order valence-electron chi connectivity index (χ1n) is 11.3. The van der Waals surface area contributed by atoms with Gasteiger partial charge in [-0.05, 0) is 44.2 Å². The lowest BCUT2D eigenvalue weighted by molar-refractivity contribution is -0.132. The predicted octanol–water partition coefficient (Wildman–Crippen LogP) is 2.04. The Hall–Kier alpha value is -2.42. The number of aryl methyl sites for hydroxylation is 1. The number of hydrogen-bond acceptors (Lipinski definition) is 5. The molecule has 2 fully saturated rings. The van der Waals surface area contributed by atoms with Crippen LogP contribution >= 0.6 is 0 Å². The molecule has 172 valence electrons. The standard InChI is InChI=1S/C24H32N4O3S/c1-21-8-10-23(11-9-21)32(30,31)28-13-5-12-25(14-19-28)20-24(29)27-17-15-26(16-18-27)22-6-3-2-4-7-22/h2-4,6-11H,5,12-20H2,1H3. The maximum atomic E-state index is 13.0. The number of benzene rings is 2. The van der Waals surface area contributed by atoms with E-state index < -0.39 is 10.0 Å². The highest BCUT2D eigenvalue weighted by atomic mass is 32.2. The Balaban J connectivity index is 1.29. The Labute approximate surface area is 191 Å². The minimum Gasteiger partial charge on any atom is -0.368 e. The van der Waals surface area contributed by atoms with E-state index in [1.165, 1.54) is 5.69 Å². The molecule has 8 heteroatoms. The lowest BCUT2D eigenvalue weighted by atomic mass is 10.2. The first-order chi connectivity index (χ1) is 15.4. The van der Waals surface area contributed by atoms with E-state index in [1.54, 1.807) is 16.4 Å².